The highest BCUT2D eigenvalue weighted by atomic mass is 127. The maximum absolute atomic E-state index is 5.30. The predicted octanol–water partition coefficient (Wildman–Crippen LogP) is 2.28. The van der Waals surface area contributed by atoms with Crippen molar-refractivity contribution in [2.75, 3.05) is 6.54 Å². The highest BCUT2D eigenvalue weighted by Gasteiger charge is 2.21. The van der Waals surface area contributed by atoms with Crippen molar-refractivity contribution in [3.05, 3.63) is 41.9 Å². The number of fused-ring (bicyclic) bond motifs is 1. The second kappa shape index (κ2) is 9.11. The van der Waals surface area contributed by atoms with Crippen LogP contribution in [-0.4, -0.2) is 37.2 Å². The standard InChI is InChI=1S/C17H24N8O.HI/c1-5-18-16(19-10-12-21-15(26-24-12)17(2,3)4)20-11-14-23-22-13-8-6-7-9-25(13)14;/h6-9H,5,10-11H2,1-4H3,(H2,18,19,20);1H. The Labute approximate surface area is 175 Å². The van der Waals surface area contributed by atoms with E-state index in [0.29, 0.717) is 30.8 Å². The summed E-state index contributed by atoms with van der Waals surface area (Å²) in [6, 6.07) is 5.80. The summed E-state index contributed by atoms with van der Waals surface area (Å²) in [5.41, 5.74) is 0.639. The van der Waals surface area contributed by atoms with E-state index in [1.807, 2.05) is 56.5 Å². The molecule has 0 fully saturated rings. The number of rotatable bonds is 5. The van der Waals surface area contributed by atoms with Crippen molar-refractivity contribution < 1.29 is 4.52 Å². The van der Waals surface area contributed by atoms with Gasteiger partial charge in [-0.15, -0.1) is 34.2 Å². The van der Waals surface area contributed by atoms with Crippen LogP contribution in [0.2, 0.25) is 0 Å². The van der Waals surface area contributed by atoms with Gasteiger partial charge >= 0.3 is 0 Å². The van der Waals surface area contributed by atoms with Gasteiger partial charge in [-0.05, 0) is 19.1 Å². The molecule has 0 aliphatic heterocycles. The first kappa shape index (κ1) is 21.1. The van der Waals surface area contributed by atoms with Gasteiger partial charge in [0.15, 0.2) is 23.3 Å². The maximum atomic E-state index is 5.30. The third-order valence-electron chi connectivity index (χ3n) is 3.63. The molecule has 0 aliphatic carbocycles. The minimum atomic E-state index is -0.174. The average Bonchev–Trinajstić information content (AvgIpc) is 3.24. The molecule has 0 aromatic carbocycles. The molecule has 0 saturated heterocycles. The summed E-state index contributed by atoms with van der Waals surface area (Å²) in [4.78, 5) is 8.91. The minimum Gasteiger partial charge on any atom is -0.357 e. The monoisotopic (exact) mass is 484 g/mol. The number of aromatic nitrogens is 5. The first-order valence-electron chi connectivity index (χ1n) is 8.61. The lowest BCUT2D eigenvalue weighted by Crippen LogP contribution is -2.37. The maximum Gasteiger partial charge on any atom is 0.232 e. The summed E-state index contributed by atoms with van der Waals surface area (Å²) in [7, 11) is 0. The Balaban J connectivity index is 0.00000261. The lowest BCUT2D eigenvalue weighted by atomic mass is 9.97. The molecule has 3 aromatic heterocycles. The van der Waals surface area contributed by atoms with Crippen LogP contribution in [0, 0.1) is 0 Å². The lowest BCUT2D eigenvalue weighted by Gasteiger charge is -2.10. The van der Waals surface area contributed by atoms with Crippen molar-refractivity contribution in [2.24, 2.45) is 4.99 Å². The molecule has 0 spiro atoms. The number of pyridine rings is 1. The summed E-state index contributed by atoms with van der Waals surface area (Å²) in [6.07, 6.45) is 1.93. The molecule has 0 unspecified atom stereocenters. The van der Waals surface area contributed by atoms with E-state index in [4.69, 9.17) is 4.52 Å². The zero-order chi connectivity index (χ0) is 18.6. The number of hydrogen-bond donors (Lipinski definition) is 2. The molecule has 3 heterocycles. The molecule has 9 nitrogen and oxygen atoms in total. The van der Waals surface area contributed by atoms with Crippen LogP contribution in [0.4, 0.5) is 0 Å². The fourth-order valence-corrected chi connectivity index (χ4v) is 2.29. The molecule has 0 radical (unpaired) electrons. The van der Waals surface area contributed by atoms with Gasteiger partial charge in [0.1, 0.15) is 6.54 Å². The van der Waals surface area contributed by atoms with E-state index in [1.54, 1.807) is 0 Å². The van der Waals surface area contributed by atoms with E-state index < -0.39 is 0 Å². The quantitative estimate of drug-likeness (QED) is 0.325. The highest BCUT2D eigenvalue weighted by molar-refractivity contribution is 14.0. The average molecular weight is 484 g/mol. The number of halogens is 1. The Kier molecular flexibility index (Phi) is 7.11. The molecule has 2 N–H and O–H groups in total. The predicted molar refractivity (Wildman–Crippen MR) is 113 cm³/mol. The Bertz CT molecular complexity index is 896. The van der Waals surface area contributed by atoms with Gasteiger partial charge in [-0.2, -0.15) is 4.98 Å². The third-order valence-corrected chi connectivity index (χ3v) is 3.63. The van der Waals surface area contributed by atoms with Gasteiger partial charge in [0, 0.05) is 18.2 Å². The molecule has 27 heavy (non-hydrogen) atoms. The molecule has 0 bridgehead atoms. The largest absolute Gasteiger partial charge is 0.357 e. The molecule has 0 atom stereocenters. The van der Waals surface area contributed by atoms with Crippen molar-refractivity contribution in [1.29, 1.82) is 0 Å². The molecule has 3 aromatic rings. The Morgan fingerprint density at radius 3 is 2.74 bits per heavy atom. The second-order valence-electron chi connectivity index (χ2n) is 6.86. The van der Waals surface area contributed by atoms with Gasteiger partial charge in [0.25, 0.3) is 0 Å². The van der Waals surface area contributed by atoms with Gasteiger partial charge < -0.3 is 15.2 Å². The zero-order valence-corrected chi connectivity index (χ0v) is 18.3. The van der Waals surface area contributed by atoms with Crippen LogP contribution in [0.25, 0.3) is 5.65 Å². The summed E-state index contributed by atoms with van der Waals surface area (Å²) in [6.45, 7) is 9.67. The van der Waals surface area contributed by atoms with E-state index in [1.165, 1.54) is 0 Å². The Morgan fingerprint density at radius 1 is 1.22 bits per heavy atom. The fourth-order valence-electron chi connectivity index (χ4n) is 2.29. The van der Waals surface area contributed by atoms with Crippen molar-refractivity contribution >= 4 is 35.6 Å². The van der Waals surface area contributed by atoms with Gasteiger partial charge in [0.05, 0.1) is 6.54 Å². The van der Waals surface area contributed by atoms with Crippen molar-refractivity contribution in [2.45, 2.75) is 46.2 Å². The summed E-state index contributed by atoms with van der Waals surface area (Å²) in [5, 5.41) is 18.8. The number of hydrogen-bond acceptors (Lipinski definition) is 6. The van der Waals surface area contributed by atoms with Crippen molar-refractivity contribution in [3.63, 3.8) is 0 Å². The second-order valence-corrected chi connectivity index (χ2v) is 6.86. The van der Waals surface area contributed by atoms with Crippen LogP contribution in [0.1, 0.15) is 45.2 Å². The topological polar surface area (TPSA) is 106 Å². The Morgan fingerprint density at radius 2 is 2.04 bits per heavy atom. The van der Waals surface area contributed by atoms with Crippen LogP contribution < -0.4 is 10.6 Å². The van der Waals surface area contributed by atoms with Crippen LogP contribution in [0.3, 0.4) is 0 Å². The lowest BCUT2D eigenvalue weighted by molar-refractivity contribution is 0.318. The van der Waals surface area contributed by atoms with Crippen LogP contribution in [0.5, 0.6) is 0 Å². The number of nitrogens with zero attached hydrogens (tertiary/aromatic N) is 6. The van der Waals surface area contributed by atoms with Crippen molar-refractivity contribution in [1.82, 2.24) is 35.4 Å². The number of aliphatic imine (C=N–C) groups is 1. The SMILES string of the molecule is CCNC(=NCc1noc(C(C)(C)C)n1)NCc1nnc2ccccn12.I. The van der Waals surface area contributed by atoms with Gasteiger partial charge in [-0.25, -0.2) is 4.99 Å². The van der Waals surface area contributed by atoms with Crippen LogP contribution >= 0.6 is 24.0 Å². The van der Waals surface area contributed by atoms with E-state index in [-0.39, 0.29) is 29.4 Å². The normalized spacial score (nSPS) is 12.1. The van der Waals surface area contributed by atoms with E-state index in [9.17, 15) is 0 Å². The molecular formula is C17H25IN8O. The molecule has 3 rings (SSSR count). The summed E-state index contributed by atoms with van der Waals surface area (Å²) >= 11 is 0. The highest BCUT2D eigenvalue weighted by Crippen LogP contribution is 2.19. The number of nitrogens with one attached hydrogen (secondary N) is 2. The van der Waals surface area contributed by atoms with E-state index in [0.717, 1.165) is 18.0 Å². The van der Waals surface area contributed by atoms with E-state index >= 15 is 0 Å². The minimum absolute atomic E-state index is 0. The third kappa shape index (κ3) is 5.37. The van der Waals surface area contributed by atoms with Crippen LogP contribution in [-0.2, 0) is 18.5 Å². The summed E-state index contributed by atoms with van der Waals surface area (Å²) in [5.74, 6) is 2.62. The zero-order valence-electron chi connectivity index (χ0n) is 15.9. The first-order valence-corrected chi connectivity index (χ1v) is 8.61. The Hall–Kier alpha value is -2.24. The molecule has 146 valence electrons. The van der Waals surface area contributed by atoms with Gasteiger partial charge in [-0.3, -0.25) is 4.40 Å². The van der Waals surface area contributed by atoms with Gasteiger partial charge in [0.2, 0.25) is 5.89 Å². The number of guanidine groups is 1. The van der Waals surface area contributed by atoms with Gasteiger partial charge in [-0.1, -0.05) is 32.0 Å². The first-order chi connectivity index (χ1) is 12.5. The molecule has 0 amide bonds. The smallest absolute Gasteiger partial charge is 0.232 e. The molecule has 0 aliphatic rings. The van der Waals surface area contributed by atoms with Crippen molar-refractivity contribution in [3.8, 4) is 0 Å². The molecular weight excluding hydrogens is 459 g/mol. The summed E-state index contributed by atoms with van der Waals surface area (Å²) < 4.78 is 7.23. The van der Waals surface area contributed by atoms with Crippen LogP contribution in [0.15, 0.2) is 33.9 Å². The van der Waals surface area contributed by atoms with E-state index in [2.05, 4.69) is 36.0 Å². The molecule has 0 saturated carbocycles. The molecule has 10 heteroatoms. The fraction of sp³-hybridized carbons (Fsp3) is 0.471.